The Bertz CT molecular complexity index is 1160. The van der Waals surface area contributed by atoms with Crippen LogP contribution < -0.4 is 5.32 Å². The largest absolute Gasteiger partial charge is 0.449 e. The average Bonchev–Trinajstić information content (AvgIpc) is 2.80. The number of piperazine rings is 1. The van der Waals surface area contributed by atoms with Crippen molar-refractivity contribution in [3.8, 4) is 0 Å². The summed E-state index contributed by atoms with van der Waals surface area (Å²) < 4.78 is 32.4. The summed E-state index contributed by atoms with van der Waals surface area (Å²) in [6.45, 7) is 3.72. The number of nitrogens with one attached hydrogen (secondary N) is 1. The zero-order valence-corrected chi connectivity index (χ0v) is 19.6. The van der Waals surface area contributed by atoms with Gasteiger partial charge in [0.2, 0.25) is 15.9 Å². The number of nitrogens with zero attached hydrogens (tertiary/aromatic N) is 3. The van der Waals surface area contributed by atoms with E-state index in [1.54, 1.807) is 17.0 Å². The van der Waals surface area contributed by atoms with Gasteiger partial charge in [0.1, 0.15) is 0 Å². The normalized spacial score (nSPS) is 15.5. The smallest absolute Gasteiger partial charge is 0.338 e. The van der Waals surface area contributed by atoms with E-state index < -0.39 is 28.0 Å². The Morgan fingerprint density at radius 3 is 2.45 bits per heavy atom. The van der Waals surface area contributed by atoms with Crippen LogP contribution in [0.1, 0.15) is 24.2 Å². The molecule has 2 amide bonds. The fourth-order valence-electron chi connectivity index (χ4n) is 3.17. The lowest BCUT2D eigenvalue weighted by molar-refractivity contribution is -0.130. The van der Waals surface area contributed by atoms with Crippen LogP contribution in [0.5, 0.6) is 0 Å². The molecule has 1 atom stereocenters. The number of carbonyl (C=O) groups excluding carboxylic acids is 3. The minimum absolute atomic E-state index is 0.0162. The number of anilines is 1. The van der Waals surface area contributed by atoms with Crippen LogP contribution in [0.4, 0.5) is 5.69 Å². The fourth-order valence-corrected chi connectivity index (χ4v) is 4.81. The molecule has 2 aromatic rings. The Kier molecular flexibility index (Phi) is 7.67. The Balaban J connectivity index is 1.67. The summed E-state index contributed by atoms with van der Waals surface area (Å²) in [6.07, 6.45) is 0.291. The van der Waals surface area contributed by atoms with Crippen LogP contribution >= 0.6 is 11.6 Å². The summed E-state index contributed by atoms with van der Waals surface area (Å²) >= 11 is 5.91. The molecule has 12 heteroatoms. The number of hydrogen-bond donors (Lipinski definition) is 1. The van der Waals surface area contributed by atoms with Gasteiger partial charge in [-0.25, -0.2) is 18.2 Å². The molecule has 1 N–H and O–H groups in total. The van der Waals surface area contributed by atoms with E-state index in [1.165, 1.54) is 48.6 Å². The molecule has 1 fully saturated rings. The van der Waals surface area contributed by atoms with Crippen LogP contribution in [-0.4, -0.2) is 72.7 Å². The third-order valence-corrected chi connectivity index (χ3v) is 7.26. The van der Waals surface area contributed by atoms with Crippen molar-refractivity contribution in [2.24, 2.45) is 0 Å². The SMILES string of the molecule is CC(=O)N1CCN(S(=O)(=O)c2cccc(C(=O)OC(C)C(=O)Nc3cccnc3Cl)c2)CC1. The quantitative estimate of drug-likeness (QED) is 0.479. The minimum atomic E-state index is -3.87. The van der Waals surface area contributed by atoms with E-state index in [-0.39, 0.29) is 40.3 Å². The van der Waals surface area contributed by atoms with E-state index in [0.29, 0.717) is 13.1 Å². The summed E-state index contributed by atoms with van der Waals surface area (Å²) in [5, 5.41) is 2.61. The highest BCUT2D eigenvalue weighted by Crippen LogP contribution is 2.21. The highest BCUT2D eigenvalue weighted by Gasteiger charge is 2.30. The molecular weight excluding hydrogens is 472 g/mol. The van der Waals surface area contributed by atoms with E-state index in [1.807, 2.05) is 0 Å². The van der Waals surface area contributed by atoms with Gasteiger partial charge >= 0.3 is 5.97 Å². The van der Waals surface area contributed by atoms with Crippen LogP contribution in [0.2, 0.25) is 5.15 Å². The molecule has 176 valence electrons. The van der Waals surface area contributed by atoms with Gasteiger partial charge < -0.3 is 15.0 Å². The van der Waals surface area contributed by atoms with E-state index >= 15 is 0 Å². The number of amides is 2. The maximum atomic E-state index is 13.0. The van der Waals surface area contributed by atoms with Crippen molar-refractivity contribution in [3.63, 3.8) is 0 Å². The van der Waals surface area contributed by atoms with Gasteiger partial charge in [-0.05, 0) is 37.3 Å². The molecule has 1 aliphatic heterocycles. The lowest BCUT2D eigenvalue weighted by atomic mass is 10.2. The molecular formula is C21H23ClN4O6S. The Hall–Kier alpha value is -3.02. The fraction of sp³-hybridized carbons (Fsp3) is 0.333. The van der Waals surface area contributed by atoms with Crippen molar-refractivity contribution in [2.75, 3.05) is 31.5 Å². The van der Waals surface area contributed by atoms with E-state index in [0.717, 1.165) is 0 Å². The first-order valence-electron chi connectivity index (χ1n) is 10.1. The van der Waals surface area contributed by atoms with Crippen LogP contribution in [0.3, 0.4) is 0 Å². The molecule has 1 aromatic carbocycles. The zero-order chi connectivity index (χ0) is 24.2. The molecule has 1 aliphatic rings. The predicted molar refractivity (Wildman–Crippen MR) is 120 cm³/mol. The monoisotopic (exact) mass is 494 g/mol. The number of hydrogen-bond acceptors (Lipinski definition) is 7. The first-order chi connectivity index (χ1) is 15.6. The number of halogens is 1. The molecule has 10 nitrogen and oxygen atoms in total. The van der Waals surface area contributed by atoms with Gasteiger partial charge in [0.25, 0.3) is 5.91 Å². The number of pyridine rings is 1. The van der Waals surface area contributed by atoms with Gasteiger partial charge in [0, 0.05) is 39.3 Å². The van der Waals surface area contributed by atoms with Gasteiger partial charge in [-0.3, -0.25) is 9.59 Å². The predicted octanol–water partition coefficient (Wildman–Crippen LogP) is 1.77. The van der Waals surface area contributed by atoms with Crippen LogP contribution in [-0.2, 0) is 24.3 Å². The zero-order valence-electron chi connectivity index (χ0n) is 18.0. The highest BCUT2D eigenvalue weighted by atomic mass is 35.5. The van der Waals surface area contributed by atoms with Crippen molar-refractivity contribution < 1.29 is 27.5 Å². The number of benzene rings is 1. The molecule has 0 aliphatic carbocycles. The number of esters is 1. The van der Waals surface area contributed by atoms with Gasteiger partial charge in [-0.1, -0.05) is 17.7 Å². The summed E-state index contributed by atoms with van der Waals surface area (Å²) in [7, 11) is -3.87. The number of ether oxygens (including phenoxy) is 1. The average molecular weight is 495 g/mol. The summed E-state index contributed by atoms with van der Waals surface area (Å²) in [5.74, 6) is -1.58. The van der Waals surface area contributed by atoms with Gasteiger partial charge in [0.15, 0.2) is 11.3 Å². The van der Waals surface area contributed by atoms with E-state index in [4.69, 9.17) is 16.3 Å². The van der Waals surface area contributed by atoms with Crippen LogP contribution in [0.25, 0.3) is 0 Å². The molecule has 1 saturated heterocycles. The maximum Gasteiger partial charge on any atom is 0.338 e. The van der Waals surface area contributed by atoms with Crippen LogP contribution in [0, 0.1) is 0 Å². The van der Waals surface area contributed by atoms with Crippen molar-refractivity contribution in [1.82, 2.24) is 14.2 Å². The van der Waals surface area contributed by atoms with Gasteiger partial charge in [-0.15, -0.1) is 0 Å². The lowest BCUT2D eigenvalue weighted by Gasteiger charge is -2.33. The third-order valence-electron chi connectivity index (χ3n) is 5.06. The van der Waals surface area contributed by atoms with E-state index in [2.05, 4.69) is 10.3 Å². The second kappa shape index (κ2) is 10.3. The first kappa shape index (κ1) is 24.6. The molecule has 1 unspecified atom stereocenters. The van der Waals surface area contributed by atoms with Crippen molar-refractivity contribution in [3.05, 3.63) is 53.3 Å². The number of rotatable bonds is 6. The number of sulfonamides is 1. The molecule has 0 radical (unpaired) electrons. The Morgan fingerprint density at radius 1 is 1.12 bits per heavy atom. The Morgan fingerprint density at radius 2 is 1.82 bits per heavy atom. The molecule has 0 spiro atoms. The van der Waals surface area contributed by atoms with Gasteiger partial charge in [-0.2, -0.15) is 4.31 Å². The maximum absolute atomic E-state index is 13.0. The molecule has 3 rings (SSSR count). The first-order valence-corrected chi connectivity index (χ1v) is 11.9. The molecule has 33 heavy (non-hydrogen) atoms. The lowest BCUT2D eigenvalue weighted by Crippen LogP contribution is -2.49. The third kappa shape index (κ3) is 5.86. The summed E-state index contributed by atoms with van der Waals surface area (Å²) in [6, 6.07) is 8.55. The second-order valence-electron chi connectivity index (χ2n) is 7.32. The highest BCUT2D eigenvalue weighted by molar-refractivity contribution is 7.89. The molecule has 1 aromatic heterocycles. The van der Waals surface area contributed by atoms with Crippen molar-refractivity contribution in [1.29, 1.82) is 0 Å². The van der Waals surface area contributed by atoms with Crippen molar-refractivity contribution >= 4 is 45.1 Å². The molecule has 2 heterocycles. The van der Waals surface area contributed by atoms with Crippen molar-refractivity contribution in [2.45, 2.75) is 24.8 Å². The summed E-state index contributed by atoms with van der Waals surface area (Å²) in [5.41, 5.74) is 0.252. The summed E-state index contributed by atoms with van der Waals surface area (Å²) in [4.78, 5) is 41.7. The van der Waals surface area contributed by atoms with Crippen LogP contribution in [0.15, 0.2) is 47.5 Å². The second-order valence-corrected chi connectivity index (χ2v) is 9.61. The number of aromatic nitrogens is 1. The number of carbonyl (C=O) groups is 3. The van der Waals surface area contributed by atoms with E-state index in [9.17, 15) is 22.8 Å². The van der Waals surface area contributed by atoms with Gasteiger partial charge in [0.05, 0.1) is 16.1 Å². The topological polar surface area (TPSA) is 126 Å². The minimum Gasteiger partial charge on any atom is -0.449 e. The standard InChI is InChI=1S/C21H23ClN4O6S/c1-14(20(28)24-18-7-4-8-23-19(18)22)32-21(29)16-5-3-6-17(13-16)33(30,31)26-11-9-25(10-12-26)15(2)27/h3-8,13-14H,9-12H2,1-2H3,(H,24,28). The Labute approximate surface area is 196 Å². The molecule has 0 bridgehead atoms. The molecule has 0 saturated carbocycles.